The summed E-state index contributed by atoms with van der Waals surface area (Å²) in [5.74, 6) is -0.813. The van der Waals surface area contributed by atoms with Gasteiger partial charge in [0.05, 0.1) is 6.61 Å². The van der Waals surface area contributed by atoms with Crippen molar-refractivity contribution in [2.45, 2.75) is 37.5 Å². The third-order valence-corrected chi connectivity index (χ3v) is 5.32. The zero-order valence-corrected chi connectivity index (χ0v) is 13.1. The molecule has 0 amide bonds. The van der Waals surface area contributed by atoms with Gasteiger partial charge < -0.3 is 9.84 Å². The van der Waals surface area contributed by atoms with E-state index in [1.807, 2.05) is 24.3 Å². The fourth-order valence-electron chi connectivity index (χ4n) is 2.79. The number of esters is 1. The van der Waals surface area contributed by atoms with Crippen LogP contribution in [0, 0.1) is 5.41 Å². The van der Waals surface area contributed by atoms with E-state index in [-0.39, 0.29) is 18.9 Å². The molecule has 114 valence electrons. The van der Waals surface area contributed by atoms with Gasteiger partial charge in [0.2, 0.25) is 0 Å². The van der Waals surface area contributed by atoms with Crippen molar-refractivity contribution in [1.82, 2.24) is 0 Å². The lowest BCUT2D eigenvalue weighted by molar-refractivity contribution is -0.169. The van der Waals surface area contributed by atoms with E-state index in [4.69, 9.17) is 4.74 Å². The summed E-state index contributed by atoms with van der Waals surface area (Å²) in [6.07, 6.45) is 0.534. The van der Waals surface area contributed by atoms with E-state index in [1.165, 1.54) is 4.90 Å². The standard InChI is InChI=1S/C16H20O4S/c1-3-16(14(17)18,15(19)20-4-2)9-11-10-21-13-8-6-5-7-12(11)13/h5-8,11H,3-4,9-10H2,1-2H3,(H,17,18). The van der Waals surface area contributed by atoms with Crippen LogP contribution in [0.3, 0.4) is 0 Å². The summed E-state index contributed by atoms with van der Waals surface area (Å²) in [7, 11) is 0. The Hall–Kier alpha value is -1.49. The minimum atomic E-state index is -1.45. The molecule has 2 rings (SSSR count). The van der Waals surface area contributed by atoms with Crippen LogP contribution in [-0.2, 0) is 14.3 Å². The SMILES string of the molecule is CCOC(=O)C(CC)(CC1CSc2ccccc21)C(=O)O. The number of carboxylic acid groups (broad SMARTS) is 1. The van der Waals surface area contributed by atoms with E-state index >= 15 is 0 Å². The van der Waals surface area contributed by atoms with E-state index in [2.05, 4.69) is 0 Å². The fourth-order valence-corrected chi connectivity index (χ4v) is 4.04. The zero-order chi connectivity index (χ0) is 15.5. The lowest BCUT2D eigenvalue weighted by Crippen LogP contribution is -2.41. The van der Waals surface area contributed by atoms with E-state index in [1.54, 1.807) is 25.6 Å². The summed E-state index contributed by atoms with van der Waals surface area (Å²) in [4.78, 5) is 25.2. The van der Waals surface area contributed by atoms with Crippen LogP contribution in [0.4, 0.5) is 0 Å². The molecule has 0 spiro atoms. The molecule has 1 aromatic carbocycles. The number of rotatable bonds is 6. The fraction of sp³-hybridized carbons (Fsp3) is 0.500. The topological polar surface area (TPSA) is 63.6 Å². The molecule has 2 atom stereocenters. The highest BCUT2D eigenvalue weighted by Crippen LogP contribution is 2.46. The Morgan fingerprint density at radius 3 is 2.71 bits per heavy atom. The first kappa shape index (κ1) is 15.9. The monoisotopic (exact) mass is 308 g/mol. The molecule has 1 aliphatic heterocycles. The third kappa shape index (κ3) is 2.93. The summed E-state index contributed by atoms with van der Waals surface area (Å²) in [6.45, 7) is 3.63. The number of carboxylic acids is 1. The molecule has 4 nitrogen and oxygen atoms in total. The predicted molar refractivity (Wildman–Crippen MR) is 81.5 cm³/mol. The number of carbonyl (C=O) groups excluding carboxylic acids is 1. The summed E-state index contributed by atoms with van der Waals surface area (Å²) >= 11 is 1.72. The number of hydrogen-bond donors (Lipinski definition) is 1. The van der Waals surface area contributed by atoms with Crippen LogP contribution in [0.5, 0.6) is 0 Å². The molecule has 0 fully saturated rings. The Labute approximate surface area is 128 Å². The quantitative estimate of drug-likeness (QED) is 0.645. The van der Waals surface area contributed by atoms with Crippen molar-refractivity contribution in [3.8, 4) is 0 Å². The van der Waals surface area contributed by atoms with Crippen molar-refractivity contribution in [2.24, 2.45) is 5.41 Å². The number of hydrogen-bond acceptors (Lipinski definition) is 4. The van der Waals surface area contributed by atoms with Crippen molar-refractivity contribution in [1.29, 1.82) is 0 Å². The number of thioether (sulfide) groups is 1. The smallest absolute Gasteiger partial charge is 0.323 e. The van der Waals surface area contributed by atoms with Crippen LogP contribution in [0.1, 0.15) is 38.2 Å². The average molecular weight is 308 g/mol. The maximum absolute atomic E-state index is 12.2. The molecule has 1 aromatic rings. The van der Waals surface area contributed by atoms with Crippen molar-refractivity contribution >= 4 is 23.7 Å². The van der Waals surface area contributed by atoms with Crippen LogP contribution < -0.4 is 0 Å². The minimum absolute atomic E-state index is 0.0756. The molecule has 0 saturated heterocycles. The maximum Gasteiger partial charge on any atom is 0.323 e. The second-order valence-electron chi connectivity index (χ2n) is 5.21. The van der Waals surface area contributed by atoms with Crippen molar-refractivity contribution in [3.63, 3.8) is 0 Å². The molecule has 1 N–H and O–H groups in total. The van der Waals surface area contributed by atoms with Gasteiger partial charge in [0.1, 0.15) is 0 Å². The van der Waals surface area contributed by atoms with Gasteiger partial charge in [-0.2, -0.15) is 0 Å². The van der Waals surface area contributed by atoms with Crippen LogP contribution in [-0.4, -0.2) is 29.4 Å². The molecule has 5 heteroatoms. The summed E-state index contributed by atoms with van der Waals surface area (Å²) in [5, 5.41) is 9.62. The van der Waals surface area contributed by atoms with Crippen LogP contribution >= 0.6 is 11.8 Å². The maximum atomic E-state index is 12.2. The molecule has 0 aliphatic carbocycles. The van der Waals surface area contributed by atoms with Crippen LogP contribution in [0.25, 0.3) is 0 Å². The first-order valence-electron chi connectivity index (χ1n) is 7.17. The van der Waals surface area contributed by atoms with Crippen molar-refractivity contribution < 1.29 is 19.4 Å². The third-order valence-electron chi connectivity index (χ3n) is 4.07. The second-order valence-corrected chi connectivity index (χ2v) is 6.27. The predicted octanol–water partition coefficient (Wildman–Crippen LogP) is 3.31. The molecule has 1 heterocycles. The summed E-state index contributed by atoms with van der Waals surface area (Å²) in [5.41, 5.74) is -0.301. The molecule has 2 unspecified atom stereocenters. The highest BCUT2D eigenvalue weighted by molar-refractivity contribution is 7.99. The number of aliphatic carboxylic acids is 1. The number of ether oxygens (including phenoxy) is 1. The summed E-state index contributed by atoms with van der Waals surface area (Å²) in [6, 6.07) is 7.99. The van der Waals surface area contributed by atoms with Gasteiger partial charge in [-0.3, -0.25) is 9.59 Å². The Bertz CT molecular complexity index is 543. The van der Waals surface area contributed by atoms with Gasteiger partial charge >= 0.3 is 11.9 Å². The van der Waals surface area contributed by atoms with E-state index < -0.39 is 17.4 Å². The summed E-state index contributed by atoms with van der Waals surface area (Å²) < 4.78 is 5.03. The Balaban J connectivity index is 2.28. The average Bonchev–Trinajstić information content (AvgIpc) is 2.87. The number of fused-ring (bicyclic) bond motifs is 1. The van der Waals surface area contributed by atoms with Gasteiger partial charge in [0, 0.05) is 10.6 Å². The lowest BCUT2D eigenvalue weighted by atomic mass is 9.75. The molecular formula is C16H20O4S. The van der Waals surface area contributed by atoms with Gasteiger partial charge in [-0.15, -0.1) is 11.8 Å². The lowest BCUT2D eigenvalue weighted by Gasteiger charge is -2.28. The van der Waals surface area contributed by atoms with Crippen LogP contribution in [0.15, 0.2) is 29.2 Å². The van der Waals surface area contributed by atoms with E-state index in [9.17, 15) is 14.7 Å². The first-order valence-corrected chi connectivity index (χ1v) is 8.16. The van der Waals surface area contributed by atoms with Gasteiger partial charge in [-0.25, -0.2) is 0 Å². The van der Waals surface area contributed by atoms with Crippen molar-refractivity contribution in [3.05, 3.63) is 29.8 Å². The van der Waals surface area contributed by atoms with Crippen molar-refractivity contribution in [2.75, 3.05) is 12.4 Å². The number of benzene rings is 1. The van der Waals surface area contributed by atoms with Gasteiger partial charge in [-0.1, -0.05) is 25.1 Å². The Morgan fingerprint density at radius 1 is 1.38 bits per heavy atom. The second kappa shape index (κ2) is 6.52. The highest BCUT2D eigenvalue weighted by atomic mass is 32.2. The molecular weight excluding hydrogens is 288 g/mol. The normalized spacial score (nSPS) is 19.6. The highest BCUT2D eigenvalue weighted by Gasteiger charge is 2.48. The van der Waals surface area contributed by atoms with E-state index in [0.29, 0.717) is 6.42 Å². The number of carbonyl (C=O) groups is 2. The van der Waals surface area contributed by atoms with Crippen LogP contribution in [0.2, 0.25) is 0 Å². The zero-order valence-electron chi connectivity index (χ0n) is 12.3. The van der Waals surface area contributed by atoms with Gasteiger partial charge in [0.15, 0.2) is 5.41 Å². The molecule has 0 saturated carbocycles. The van der Waals surface area contributed by atoms with Gasteiger partial charge in [0.25, 0.3) is 0 Å². The Kier molecular flexibility index (Phi) is 4.93. The largest absolute Gasteiger partial charge is 0.480 e. The van der Waals surface area contributed by atoms with Gasteiger partial charge in [-0.05, 0) is 37.3 Å². The molecule has 0 aromatic heterocycles. The molecule has 1 aliphatic rings. The first-order chi connectivity index (χ1) is 10.0. The molecule has 21 heavy (non-hydrogen) atoms. The van der Waals surface area contributed by atoms with E-state index in [0.717, 1.165) is 11.3 Å². The minimum Gasteiger partial charge on any atom is -0.480 e. The molecule has 0 bridgehead atoms. The molecule has 0 radical (unpaired) electrons. The Morgan fingerprint density at radius 2 is 2.10 bits per heavy atom.